The van der Waals surface area contributed by atoms with Crippen LogP contribution in [0.4, 0.5) is 0 Å². The van der Waals surface area contributed by atoms with E-state index >= 15 is 0 Å². The summed E-state index contributed by atoms with van der Waals surface area (Å²) in [6.45, 7) is -0.124. The van der Waals surface area contributed by atoms with Gasteiger partial charge >= 0.3 is 0 Å². The normalized spacial score (nSPS) is 9.86. The third-order valence-corrected chi connectivity index (χ3v) is 2.80. The summed E-state index contributed by atoms with van der Waals surface area (Å²) in [4.78, 5) is 4.12. The quantitative estimate of drug-likeness (QED) is 0.696. The van der Waals surface area contributed by atoms with Gasteiger partial charge in [-0.05, 0) is 18.2 Å². The van der Waals surface area contributed by atoms with Crippen LogP contribution in [0.5, 0.6) is 0 Å². The second-order valence-electron chi connectivity index (χ2n) is 2.61. The zero-order chi connectivity index (χ0) is 9.97. The molecule has 1 aromatic heterocycles. The fraction of sp³-hybridized carbons (Fsp3) is 0.100. The average molecular weight is 224 g/mol. The van der Waals surface area contributed by atoms with Gasteiger partial charge in [-0.15, -0.1) is 11.3 Å². The van der Waals surface area contributed by atoms with E-state index in [-0.39, 0.29) is 6.61 Å². The lowest BCUT2D eigenvalue weighted by molar-refractivity contribution is 0.350. The van der Waals surface area contributed by atoms with Crippen molar-refractivity contribution in [1.29, 1.82) is 0 Å². The summed E-state index contributed by atoms with van der Waals surface area (Å²) in [7, 11) is 0. The molecule has 1 heterocycles. The zero-order valence-corrected chi connectivity index (χ0v) is 8.69. The van der Waals surface area contributed by atoms with Crippen LogP contribution in [-0.4, -0.2) is 16.7 Å². The molecule has 2 aromatic rings. The Hall–Kier alpha value is -1.08. The Morgan fingerprint density at radius 2 is 2.36 bits per heavy atom. The van der Waals surface area contributed by atoms with E-state index in [4.69, 9.17) is 16.7 Å². The van der Waals surface area contributed by atoms with Gasteiger partial charge in [0, 0.05) is 5.56 Å². The number of hydrogen-bond acceptors (Lipinski definition) is 3. The number of rotatable bonds is 0. The predicted octanol–water partition coefficient (Wildman–Crippen LogP) is 2.29. The molecule has 0 radical (unpaired) electrons. The Morgan fingerprint density at radius 3 is 3.14 bits per heavy atom. The monoisotopic (exact) mass is 223 g/mol. The van der Waals surface area contributed by atoms with Crippen LogP contribution in [0.2, 0.25) is 4.47 Å². The minimum absolute atomic E-state index is 0.124. The van der Waals surface area contributed by atoms with Gasteiger partial charge in [-0.1, -0.05) is 23.4 Å². The molecular weight excluding hydrogens is 218 g/mol. The number of aromatic nitrogens is 1. The molecule has 1 aromatic carbocycles. The first-order valence-electron chi connectivity index (χ1n) is 3.95. The van der Waals surface area contributed by atoms with Crippen LogP contribution >= 0.6 is 22.9 Å². The third kappa shape index (κ3) is 1.88. The van der Waals surface area contributed by atoms with E-state index in [0.717, 1.165) is 15.8 Å². The molecular formula is C10H6ClNOS. The number of fused-ring (bicyclic) bond motifs is 1. The summed E-state index contributed by atoms with van der Waals surface area (Å²) in [6.07, 6.45) is 0. The number of aliphatic hydroxyl groups excluding tert-OH is 1. The van der Waals surface area contributed by atoms with Gasteiger partial charge in [-0.2, -0.15) is 0 Å². The Morgan fingerprint density at radius 1 is 1.50 bits per heavy atom. The maximum Gasteiger partial charge on any atom is 0.184 e. The first-order chi connectivity index (χ1) is 6.79. The fourth-order valence-electron chi connectivity index (χ4n) is 1.12. The number of nitrogens with zero attached hydrogens (tertiary/aromatic N) is 1. The van der Waals surface area contributed by atoms with Crippen LogP contribution in [0.15, 0.2) is 18.2 Å². The van der Waals surface area contributed by atoms with Crippen molar-refractivity contribution in [3.05, 3.63) is 28.2 Å². The molecule has 2 rings (SSSR count). The van der Waals surface area contributed by atoms with E-state index in [2.05, 4.69) is 16.8 Å². The van der Waals surface area contributed by atoms with Crippen molar-refractivity contribution in [2.75, 3.05) is 6.61 Å². The van der Waals surface area contributed by atoms with Gasteiger partial charge in [0.05, 0.1) is 10.2 Å². The van der Waals surface area contributed by atoms with Crippen LogP contribution in [-0.2, 0) is 0 Å². The van der Waals surface area contributed by atoms with Crippen LogP contribution in [0.25, 0.3) is 10.2 Å². The third-order valence-electron chi connectivity index (χ3n) is 1.67. The van der Waals surface area contributed by atoms with Gasteiger partial charge in [0.2, 0.25) is 0 Å². The molecule has 2 nitrogen and oxygen atoms in total. The largest absolute Gasteiger partial charge is 0.384 e. The molecule has 4 heteroatoms. The van der Waals surface area contributed by atoms with E-state index in [1.807, 2.05) is 18.2 Å². The predicted molar refractivity (Wildman–Crippen MR) is 58.6 cm³/mol. The maximum atomic E-state index is 8.54. The minimum atomic E-state index is -0.124. The van der Waals surface area contributed by atoms with Crippen LogP contribution in [0.1, 0.15) is 5.56 Å². The highest BCUT2D eigenvalue weighted by Gasteiger charge is 2.00. The first kappa shape index (κ1) is 9.47. The Kier molecular flexibility index (Phi) is 2.69. The molecule has 0 saturated heterocycles. The number of benzene rings is 1. The number of hydrogen-bond donors (Lipinski definition) is 1. The van der Waals surface area contributed by atoms with Crippen LogP contribution < -0.4 is 0 Å². The molecule has 0 saturated carbocycles. The summed E-state index contributed by atoms with van der Waals surface area (Å²) in [5.74, 6) is 5.42. The summed E-state index contributed by atoms with van der Waals surface area (Å²) < 4.78 is 1.55. The standard InChI is InChI=1S/C10H6ClNOS/c11-10-12-8-4-3-7(2-1-5-13)6-9(8)14-10/h3-4,6,13H,5H2. The topological polar surface area (TPSA) is 33.1 Å². The lowest BCUT2D eigenvalue weighted by Gasteiger charge is -1.89. The molecule has 14 heavy (non-hydrogen) atoms. The maximum absolute atomic E-state index is 8.54. The summed E-state index contributed by atoms with van der Waals surface area (Å²) >= 11 is 7.19. The van der Waals surface area contributed by atoms with Crippen molar-refractivity contribution in [3.63, 3.8) is 0 Å². The van der Waals surface area contributed by atoms with E-state index in [0.29, 0.717) is 4.47 Å². The average Bonchev–Trinajstić information content (AvgIpc) is 2.54. The zero-order valence-electron chi connectivity index (χ0n) is 7.12. The second kappa shape index (κ2) is 3.97. The van der Waals surface area contributed by atoms with Gasteiger partial charge in [0.1, 0.15) is 6.61 Å². The van der Waals surface area contributed by atoms with Gasteiger partial charge in [-0.25, -0.2) is 4.98 Å². The molecule has 0 aliphatic rings. The number of thiazole rings is 1. The van der Waals surface area contributed by atoms with Gasteiger partial charge in [0.25, 0.3) is 0 Å². The Bertz CT molecular complexity index is 524. The Balaban J connectivity index is 2.50. The molecule has 0 aliphatic carbocycles. The van der Waals surface area contributed by atoms with Crippen molar-refractivity contribution in [3.8, 4) is 11.8 Å². The van der Waals surface area contributed by atoms with E-state index in [1.165, 1.54) is 11.3 Å². The molecule has 0 fully saturated rings. The summed E-state index contributed by atoms with van der Waals surface area (Å²) in [5.41, 5.74) is 1.75. The van der Waals surface area contributed by atoms with Crippen molar-refractivity contribution >= 4 is 33.2 Å². The lowest BCUT2D eigenvalue weighted by atomic mass is 10.2. The molecule has 1 N–H and O–H groups in total. The number of halogens is 1. The highest BCUT2D eigenvalue weighted by molar-refractivity contribution is 7.22. The molecule has 0 unspecified atom stereocenters. The van der Waals surface area contributed by atoms with E-state index < -0.39 is 0 Å². The molecule has 0 aliphatic heterocycles. The van der Waals surface area contributed by atoms with Crippen LogP contribution in [0.3, 0.4) is 0 Å². The summed E-state index contributed by atoms with van der Waals surface area (Å²) in [6, 6.07) is 5.65. The minimum Gasteiger partial charge on any atom is -0.384 e. The van der Waals surface area contributed by atoms with E-state index in [9.17, 15) is 0 Å². The molecule has 70 valence electrons. The first-order valence-corrected chi connectivity index (χ1v) is 5.15. The lowest BCUT2D eigenvalue weighted by Crippen LogP contribution is -1.76. The fourth-order valence-corrected chi connectivity index (χ4v) is 2.19. The molecule has 0 atom stereocenters. The molecule has 0 bridgehead atoms. The van der Waals surface area contributed by atoms with Gasteiger partial charge < -0.3 is 5.11 Å². The molecule has 0 amide bonds. The number of aliphatic hydroxyl groups is 1. The van der Waals surface area contributed by atoms with Crippen molar-refractivity contribution < 1.29 is 5.11 Å². The Labute approximate surface area is 90.2 Å². The smallest absolute Gasteiger partial charge is 0.184 e. The van der Waals surface area contributed by atoms with Crippen LogP contribution in [0, 0.1) is 11.8 Å². The van der Waals surface area contributed by atoms with E-state index in [1.54, 1.807) is 0 Å². The van der Waals surface area contributed by atoms with Crippen molar-refractivity contribution in [2.24, 2.45) is 0 Å². The SMILES string of the molecule is OCC#Cc1ccc2nc(Cl)sc2c1. The van der Waals surface area contributed by atoms with Gasteiger partial charge in [0.15, 0.2) is 4.47 Å². The highest BCUT2D eigenvalue weighted by Crippen LogP contribution is 2.25. The van der Waals surface area contributed by atoms with Crippen molar-refractivity contribution in [2.45, 2.75) is 0 Å². The van der Waals surface area contributed by atoms with Gasteiger partial charge in [-0.3, -0.25) is 0 Å². The van der Waals surface area contributed by atoms with Crippen molar-refractivity contribution in [1.82, 2.24) is 4.98 Å². The summed E-state index contributed by atoms with van der Waals surface area (Å²) in [5, 5.41) is 8.54. The molecule has 0 spiro atoms. The highest BCUT2D eigenvalue weighted by atomic mass is 35.5. The second-order valence-corrected chi connectivity index (χ2v) is 4.22.